The number of carboxylic acid groups (broad SMARTS) is 1. The molecule has 0 bridgehead atoms. The Morgan fingerprint density at radius 1 is 1.75 bits per heavy atom. The van der Waals surface area contributed by atoms with Crippen molar-refractivity contribution >= 4 is 5.97 Å². The zero-order valence-electron chi connectivity index (χ0n) is 7.03. The fourth-order valence-corrected chi connectivity index (χ4v) is 0.993. The minimum atomic E-state index is -0.837. The summed E-state index contributed by atoms with van der Waals surface area (Å²) < 4.78 is 0. The zero-order chi connectivity index (χ0) is 9.19. The van der Waals surface area contributed by atoms with Gasteiger partial charge in [-0.05, 0) is 0 Å². The summed E-state index contributed by atoms with van der Waals surface area (Å²) in [5.74, 6) is -0.235. The van der Waals surface area contributed by atoms with E-state index in [9.17, 15) is 4.79 Å². The first kappa shape index (κ1) is 8.70. The van der Waals surface area contributed by atoms with Crippen LogP contribution in [0.3, 0.4) is 0 Å². The number of H-pyrrole nitrogens is 1. The Kier molecular flexibility index (Phi) is 2.12. The van der Waals surface area contributed by atoms with Gasteiger partial charge < -0.3 is 5.11 Å². The summed E-state index contributed by atoms with van der Waals surface area (Å²) in [5, 5.41) is 14.9. The third kappa shape index (κ3) is 1.81. The van der Waals surface area contributed by atoms with Gasteiger partial charge in [0, 0.05) is 5.41 Å². The SMILES string of the molecule is CC(C)(CC(=O)O)c1ncn[nH]1. The smallest absolute Gasteiger partial charge is 0.304 e. The molecule has 0 atom stereocenters. The van der Waals surface area contributed by atoms with Crippen LogP contribution in [-0.4, -0.2) is 26.3 Å². The summed E-state index contributed by atoms with van der Waals surface area (Å²) >= 11 is 0. The van der Waals surface area contributed by atoms with Crippen LogP contribution in [0.1, 0.15) is 26.1 Å². The normalized spacial score (nSPS) is 11.5. The van der Waals surface area contributed by atoms with Gasteiger partial charge in [0.1, 0.15) is 12.2 Å². The Balaban J connectivity index is 2.79. The summed E-state index contributed by atoms with van der Waals surface area (Å²) in [4.78, 5) is 14.4. The Labute approximate surface area is 69.8 Å². The molecular weight excluding hydrogens is 158 g/mol. The Morgan fingerprint density at radius 2 is 2.42 bits per heavy atom. The zero-order valence-corrected chi connectivity index (χ0v) is 7.03. The molecule has 0 fully saturated rings. The fourth-order valence-electron chi connectivity index (χ4n) is 0.993. The molecule has 0 aliphatic heterocycles. The van der Waals surface area contributed by atoms with Crippen molar-refractivity contribution in [3.63, 3.8) is 0 Å². The van der Waals surface area contributed by atoms with E-state index < -0.39 is 11.4 Å². The monoisotopic (exact) mass is 169 g/mol. The number of nitrogens with zero attached hydrogens (tertiary/aromatic N) is 2. The first-order valence-electron chi connectivity index (χ1n) is 3.60. The van der Waals surface area contributed by atoms with Crippen LogP contribution in [0.25, 0.3) is 0 Å². The van der Waals surface area contributed by atoms with E-state index in [1.165, 1.54) is 6.33 Å². The molecule has 0 unspecified atom stereocenters. The Hall–Kier alpha value is -1.39. The van der Waals surface area contributed by atoms with Crippen LogP contribution in [0.4, 0.5) is 0 Å². The van der Waals surface area contributed by atoms with Crippen LogP contribution in [-0.2, 0) is 10.2 Å². The van der Waals surface area contributed by atoms with E-state index in [0.29, 0.717) is 5.82 Å². The number of hydrogen-bond donors (Lipinski definition) is 2. The van der Waals surface area contributed by atoms with Crippen molar-refractivity contribution in [2.45, 2.75) is 25.7 Å². The molecule has 5 nitrogen and oxygen atoms in total. The number of rotatable bonds is 3. The van der Waals surface area contributed by atoms with Gasteiger partial charge in [-0.3, -0.25) is 9.89 Å². The van der Waals surface area contributed by atoms with E-state index in [1.807, 2.05) is 13.8 Å². The van der Waals surface area contributed by atoms with E-state index >= 15 is 0 Å². The molecule has 0 aliphatic carbocycles. The maximum absolute atomic E-state index is 10.4. The fraction of sp³-hybridized carbons (Fsp3) is 0.571. The molecule has 66 valence electrons. The number of aromatic nitrogens is 3. The van der Waals surface area contributed by atoms with Crippen molar-refractivity contribution in [3.8, 4) is 0 Å². The van der Waals surface area contributed by atoms with Crippen molar-refractivity contribution < 1.29 is 9.90 Å². The molecule has 0 saturated carbocycles. The highest BCUT2D eigenvalue weighted by Crippen LogP contribution is 2.22. The highest BCUT2D eigenvalue weighted by Gasteiger charge is 2.26. The van der Waals surface area contributed by atoms with E-state index in [0.717, 1.165) is 0 Å². The number of carbonyl (C=O) groups is 1. The Morgan fingerprint density at radius 3 is 2.83 bits per heavy atom. The number of aromatic amines is 1. The number of aliphatic carboxylic acids is 1. The van der Waals surface area contributed by atoms with Crippen LogP contribution in [0.2, 0.25) is 0 Å². The molecule has 0 amide bonds. The summed E-state index contributed by atoms with van der Waals surface area (Å²) in [6, 6.07) is 0. The molecule has 1 heterocycles. The lowest BCUT2D eigenvalue weighted by Crippen LogP contribution is -2.23. The first-order chi connectivity index (χ1) is 5.52. The molecule has 0 spiro atoms. The second-order valence-corrected chi connectivity index (χ2v) is 3.29. The maximum atomic E-state index is 10.4. The number of nitrogens with one attached hydrogen (secondary N) is 1. The Bertz CT molecular complexity index is 266. The van der Waals surface area contributed by atoms with E-state index in [4.69, 9.17) is 5.11 Å². The molecule has 1 rings (SSSR count). The van der Waals surface area contributed by atoms with Crippen molar-refractivity contribution in [3.05, 3.63) is 12.2 Å². The topological polar surface area (TPSA) is 78.9 Å². The molecule has 0 saturated heterocycles. The quantitative estimate of drug-likeness (QED) is 0.692. The van der Waals surface area contributed by atoms with Crippen LogP contribution in [0.5, 0.6) is 0 Å². The van der Waals surface area contributed by atoms with Crippen molar-refractivity contribution in [1.29, 1.82) is 0 Å². The number of carboxylic acids is 1. The van der Waals surface area contributed by atoms with Crippen LogP contribution in [0, 0.1) is 0 Å². The molecular formula is C7H11N3O2. The van der Waals surface area contributed by atoms with Gasteiger partial charge in [0.05, 0.1) is 6.42 Å². The lowest BCUT2D eigenvalue weighted by atomic mass is 9.89. The van der Waals surface area contributed by atoms with Gasteiger partial charge in [-0.2, -0.15) is 5.10 Å². The molecule has 5 heteroatoms. The predicted molar refractivity (Wildman–Crippen MR) is 41.7 cm³/mol. The van der Waals surface area contributed by atoms with Gasteiger partial charge in [0.25, 0.3) is 0 Å². The molecule has 12 heavy (non-hydrogen) atoms. The van der Waals surface area contributed by atoms with Crippen molar-refractivity contribution in [2.75, 3.05) is 0 Å². The third-order valence-corrected chi connectivity index (χ3v) is 1.65. The van der Waals surface area contributed by atoms with Crippen molar-refractivity contribution in [2.24, 2.45) is 0 Å². The van der Waals surface area contributed by atoms with E-state index in [-0.39, 0.29) is 6.42 Å². The third-order valence-electron chi connectivity index (χ3n) is 1.65. The van der Waals surface area contributed by atoms with Gasteiger partial charge in [-0.25, -0.2) is 4.98 Å². The minimum absolute atomic E-state index is 0.0438. The summed E-state index contributed by atoms with van der Waals surface area (Å²) in [7, 11) is 0. The minimum Gasteiger partial charge on any atom is -0.481 e. The van der Waals surface area contributed by atoms with Gasteiger partial charge in [-0.1, -0.05) is 13.8 Å². The summed E-state index contributed by atoms with van der Waals surface area (Å²) in [5.41, 5.74) is -0.484. The average molecular weight is 169 g/mol. The van der Waals surface area contributed by atoms with Gasteiger partial charge >= 0.3 is 5.97 Å². The number of hydrogen-bond acceptors (Lipinski definition) is 3. The molecule has 1 aromatic heterocycles. The van der Waals surface area contributed by atoms with Crippen LogP contribution >= 0.6 is 0 Å². The lowest BCUT2D eigenvalue weighted by molar-refractivity contribution is -0.138. The summed E-state index contributed by atoms with van der Waals surface area (Å²) in [6.07, 6.45) is 1.42. The second-order valence-electron chi connectivity index (χ2n) is 3.29. The highest BCUT2D eigenvalue weighted by atomic mass is 16.4. The van der Waals surface area contributed by atoms with Crippen LogP contribution < -0.4 is 0 Å². The molecule has 0 aliphatic rings. The van der Waals surface area contributed by atoms with Crippen LogP contribution in [0.15, 0.2) is 6.33 Å². The summed E-state index contributed by atoms with van der Waals surface area (Å²) in [6.45, 7) is 3.61. The van der Waals surface area contributed by atoms with Crippen molar-refractivity contribution in [1.82, 2.24) is 15.2 Å². The maximum Gasteiger partial charge on any atom is 0.304 e. The lowest BCUT2D eigenvalue weighted by Gasteiger charge is -2.18. The largest absolute Gasteiger partial charge is 0.481 e. The van der Waals surface area contributed by atoms with Gasteiger partial charge in [0.2, 0.25) is 0 Å². The molecule has 0 radical (unpaired) electrons. The van der Waals surface area contributed by atoms with E-state index in [2.05, 4.69) is 15.2 Å². The first-order valence-corrected chi connectivity index (χ1v) is 3.60. The molecule has 0 aromatic carbocycles. The standard InChI is InChI=1S/C7H11N3O2/c1-7(2,3-5(11)12)6-8-4-9-10-6/h4H,3H2,1-2H3,(H,11,12)(H,8,9,10). The average Bonchev–Trinajstić information content (AvgIpc) is 2.32. The second kappa shape index (κ2) is 2.92. The van der Waals surface area contributed by atoms with Gasteiger partial charge in [0.15, 0.2) is 0 Å². The highest BCUT2D eigenvalue weighted by molar-refractivity contribution is 5.68. The molecule has 2 N–H and O–H groups in total. The van der Waals surface area contributed by atoms with Gasteiger partial charge in [-0.15, -0.1) is 0 Å². The van der Waals surface area contributed by atoms with E-state index in [1.54, 1.807) is 0 Å². The predicted octanol–water partition coefficient (Wildman–Crippen LogP) is 0.557. The molecule has 1 aromatic rings.